The first kappa shape index (κ1) is 15.3. The molecule has 0 heterocycles. The van der Waals surface area contributed by atoms with E-state index in [1.54, 1.807) is 13.2 Å². The summed E-state index contributed by atoms with van der Waals surface area (Å²) >= 11 is 0. The van der Waals surface area contributed by atoms with Gasteiger partial charge in [-0.05, 0) is 43.0 Å². The van der Waals surface area contributed by atoms with Crippen molar-refractivity contribution in [1.82, 2.24) is 5.32 Å². The Balaban J connectivity index is 2.48. The smallest absolute Gasteiger partial charge is 0.319 e. The van der Waals surface area contributed by atoms with Gasteiger partial charge in [0.2, 0.25) is 0 Å². The van der Waals surface area contributed by atoms with Gasteiger partial charge in [-0.25, -0.2) is 4.79 Å². The number of hydrogen-bond donors (Lipinski definition) is 3. The summed E-state index contributed by atoms with van der Waals surface area (Å²) in [7, 11) is 1.61. The lowest BCUT2D eigenvalue weighted by Gasteiger charge is -2.13. The fourth-order valence-electron chi connectivity index (χ4n) is 1.66. The molecular formula is C14H22N2O3. The van der Waals surface area contributed by atoms with Crippen molar-refractivity contribution in [3.05, 3.63) is 23.8 Å². The minimum Gasteiger partial charge on any atom is -0.497 e. The van der Waals surface area contributed by atoms with Crippen LogP contribution in [-0.2, 0) is 0 Å². The molecule has 1 aromatic carbocycles. The second-order valence-corrected chi connectivity index (χ2v) is 4.63. The minimum atomic E-state index is -0.238. The number of anilines is 1. The van der Waals surface area contributed by atoms with Gasteiger partial charge in [-0.15, -0.1) is 0 Å². The Morgan fingerprint density at radius 2 is 2.21 bits per heavy atom. The zero-order valence-electron chi connectivity index (χ0n) is 11.7. The molecule has 0 fully saturated rings. The van der Waals surface area contributed by atoms with Gasteiger partial charge in [0.25, 0.3) is 0 Å². The highest BCUT2D eigenvalue weighted by atomic mass is 16.5. The van der Waals surface area contributed by atoms with Crippen LogP contribution in [0, 0.1) is 12.8 Å². The number of urea groups is 1. The molecule has 19 heavy (non-hydrogen) atoms. The Morgan fingerprint density at radius 1 is 1.47 bits per heavy atom. The van der Waals surface area contributed by atoms with Gasteiger partial charge in [-0.1, -0.05) is 6.92 Å². The zero-order chi connectivity index (χ0) is 14.3. The van der Waals surface area contributed by atoms with E-state index in [1.807, 2.05) is 26.0 Å². The van der Waals surface area contributed by atoms with Gasteiger partial charge in [0.1, 0.15) is 5.75 Å². The molecule has 1 aromatic rings. The molecule has 5 nitrogen and oxygen atoms in total. The Bertz CT molecular complexity index is 421. The normalized spacial score (nSPS) is 11.8. The second-order valence-electron chi connectivity index (χ2n) is 4.63. The quantitative estimate of drug-likeness (QED) is 0.738. The van der Waals surface area contributed by atoms with Crippen LogP contribution in [0.15, 0.2) is 18.2 Å². The Morgan fingerprint density at radius 3 is 2.79 bits per heavy atom. The summed E-state index contributed by atoms with van der Waals surface area (Å²) in [6.07, 6.45) is 0.682. The number of amides is 2. The first-order valence-electron chi connectivity index (χ1n) is 6.37. The summed E-state index contributed by atoms with van der Waals surface area (Å²) < 4.78 is 5.11. The van der Waals surface area contributed by atoms with Crippen LogP contribution in [0.3, 0.4) is 0 Å². The molecule has 1 rings (SSSR count). The van der Waals surface area contributed by atoms with E-state index in [-0.39, 0.29) is 18.6 Å². The van der Waals surface area contributed by atoms with Gasteiger partial charge < -0.3 is 20.5 Å². The van der Waals surface area contributed by atoms with Crippen molar-refractivity contribution < 1.29 is 14.6 Å². The van der Waals surface area contributed by atoms with Gasteiger partial charge in [-0.2, -0.15) is 0 Å². The van der Waals surface area contributed by atoms with E-state index in [0.29, 0.717) is 13.0 Å². The maximum atomic E-state index is 11.7. The van der Waals surface area contributed by atoms with Crippen molar-refractivity contribution in [2.75, 3.05) is 25.6 Å². The van der Waals surface area contributed by atoms with Gasteiger partial charge in [-0.3, -0.25) is 0 Å². The lowest BCUT2D eigenvalue weighted by atomic mass is 10.1. The van der Waals surface area contributed by atoms with Gasteiger partial charge in [0.05, 0.1) is 7.11 Å². The van der Waals surface area contributed by atoms with Crippen molar-refractivity contribution in [2.45, 2.75) is 20.3 Å². The van der Waals surface area contributed by atoms with E-state index in [0.717, 1.165) is 17.0 Å². The van der Waals surface area contributed by atoms with E-state index >= 15 is 0 Å². The summed E-state index contributed by atoms with van der Waals surface area (Å²) in [4.78, 5) is 11.7. The number of carbonyl (C=O) groups excluding carboxylic acids is 1. The summed E-state index contributed by atoms with van der Waals surface area (Å²) in [6.45, 7) is 4.57. The average Bonchev–Trinajstić information content (AvgIpc) is 2.39. The van der Waals surface area contributed by atoms with Crippen LogP contribution in [0.25, 0.3) is 0 Å². The van der Waals surface area contributed by atoms with E-state index in [4.69, 9.17) is 9.84 Å². The Labute approximate surface area is 114 Å². The van der Waals surface area contributed by atoms with E-state index in [1.165, 1.54) is 0 Å². The van der Waals surface area contributed by atoms with Crippen molar-refractivity contribution >= 4 is 11.7 Å². The number of benzene rings is 1. The monoisotopic (exact) mass is 266 g/mol. The molecule has 0 saturated carbocycles. The number of ether oxygens (including phenoxy) is 1. The number of aliphatic hydroxyl groups is 1. The zero-order valence-corrected chi connectivity index (χ0v) is 11.7. The van der Waals surface area contributed by atoms with Crippen LogP contribution in [0.4, 0.5) is 10.5 Å². The molecule has 2 amide bonds. The molecule has 1 atom stereocenters. The van der Waals surface area contributed by atoms with E-state index < -0.39 is 0 Å². The lowest BCUT2D eigenvalue weighted by molar-refractivity contribution is 0.243. The average molecular weight is 266 g/mol. The van der Waals surface area contributed by atoms with Crippen LogP contribution in [0.2, 0.25) is 0 Å². The number of aliphatic hydroxyl groups excluding tert-OH is 1. The molecule has 0 aromatic heterocycles. The molecule has 0 aliphatic rings. The Kier molecular flexibility index (Phi) is 6.15. The molecule has 0 aliphatic heterocycles. The third-order valence-electron chi connectivity index (χ3n) is 2.91. The predicted molar refractivity (Wildman–Crippen MR) is 75.6 cm³/mol. The first-order valence-corrected chi connectivity index (χ1v) is 6.37. The molecule has 0 spiro atoms. The molecule has 3 N–H and O–H groups in total. The van der Waals surface area contributed by atoms with Crippen LogP contribution in [-0.4, -0.2) is 31.4 Å². The van der Waals surface area contributed by atoms with Crippen molar-refractivity contribution in [3.8, 4) is 5.75 Å². The Hall–Kier alpha value is -1.75. The van der Waals surface area contributed by atoms with Gasteiger partial charge >= 0.3 is 6.03 Å². The topological polar surface area (TPSA) is 70.6 Å². The van der Waals surface area contributed by atoms with Crippen molar-refractivity contribution in [2.24, 2.45) is 5.92 Å². The fraction of sp³-hybridized carbons (Fsp3) is 0.500. The summed E-state index contributed by atoms with van der Waals surface area (Å²) in [5.74, 6) is 1.02. The molecule has 1 unspecified atom stereocenters. The van der Waals surface area contributed by atoms with Crippen molar-refractivity contribution in [1.29, 1.82) is 0 Å². The molecule has 0 saturated heterocycles. The largest absolute Gasteiger partial charge is 0.497 e. The molecule has 0 radical (unpaired) electrons. The molecule has 0 bridgehead atoms. The fourth-order valence-corrected chi connectivity index (χ4v) is 1.66. The number of carbonyl (C=O) groups is 1. The second kappa shape index (κ2) is 7.63. The highest BCUT2D eigenvalue weighted by molar-refractivity contribution is 5.90. The lowest BCUT2D eigenvalue weighted by Crippen LogP contribution is -2.32. The third-order valence-corrected chi connectivity index (χ3v) is 2.91. The predicted octanol–water partition coefficient (Wildman–Crippen LogP) is 2.14. The molecular weight excluding hydrogens is 244 g/mol. The van der Waals surface area contributed by atoms with Crippen molar-refractivity contribution in [3.63, 3.8) is 0 Å². The first-order chi connectivity index (χ1) is 9.06. The summed E-state index contributed by atoms with van der Waals surface area (Å²) in [5.41, 5.74) is 1.70. The molecule has 0 aliphatic carbocycles. The van der Waals surface area contributed by atoms with Crippen LogP contribution in [0.1, 0.15) is 18.9 Å². The molecule has 106 valence electrons. The van der Waals surface area contributed by atoms with E-state index in [9.17, 15) is 4.79 Å². The standard InChI is InChI=1S/C14H22N2O3/c1-10(6-7-17)9-15-14(18)16-13-5-4-12(19-3)8-11(13)2/h4-5,8,10,17H,6-7,9H2,1-3H3,(H2,15,16,18). The number of hydrogen-bond acceptors (Lipinski definition) is 3. The van der Waals surface area contributed by atoms with Gasteiger partial charge in [0, 0.05) is 18.8 Å². The summed E-state index contributed by atoms with van der Waals surface area (Å²) in [6, 6.07) is 5.24. The number of rotatable bonds is 6. The SMILES string of the molecule is COc1ccc(NC(=O)NCC(C)CCO)c(C)c1. The maximum absolute atomic E-state index is 11.7. The van der Waals surface area contributed by atoms with Gasteiger partial charge in [0.15, 0.2) is 0 Å². The number of aryl methyl sites for hydroxylation is 1. The highest BCUT2D eigenvalue weighted by Crippen LogP contribution is 2.20. The van der Waals surface area contributed by atoms with Crippen LogP contribution >= 0.6 is 0 Å². The summed E-state index contributed by atoms with van der Waals surface area (Å²) in [5, 5.41) is 14.4. The number of nitrogens with one attached hydrogen (secondary N) is 2. The maximum Gasteiger partial charge on any atom is 0.319 e. The van der Waals surface area contributed by atoms with Crippen LogP contribution in [0.5, 0.6) is 5.75 Å². The third kappa shape index (κ3) is 5.18. The van der Waals surface area contributed by atoms with Crippen LogP contribution < -0.4 is 15.4 Å². The number of methoxy groups -OCH3 is 1. The minimum absolute atomic E-state index is 0.141. The molecule has 5 heteroatoms. The van der Waals surface area contributed by atoms with E-state index in [2.05, 4.69) is 10.6 Å². The highest BCUT2D eigenvalue weighted by Gasteiger charge is 2.07.